The van der Waals surface area contributed by atoms with Crippen LogP contribution in [0.25, 0.3) is 60.1 Å². The average Bonchev–Trinajstić information content (AvgIpc) is 3.04. The number of benzene rings is 6. The monoisotopic (exact) mass is 554 g/mol. The van der Waals surface area contributed by atoms with E-state index in [1.807, 2.05) is 31.2 Å². The molecule has 0 spiro atoms. The van der Waals surface area contributed by atoms with E-state index in [1.165, 1.54) is 60.8 Å². The van der Waals surface area contributed by atoms with Gasteiger partial charge in [0.1, 0.15) is 0 Å². The van der Waals surface area contributed by atoms with E-state index >= 15 is 0 Å². The van der Waals surface area contributed by atoms with Gasteiger partial charge in [-0.15, -0.1) is 0 Å². The van der Waals surface area contributed by atoms with Gasteiger partial charge in [0.15, 0.2) is 0 Å². The van der Waals surface area contributed by atoms with Crippen LogP contribution in [0.3, 0.4) is 0 Å². The third kappa shape index (κ3) is 5.31. The maximum Gasteiger partial charge on any atom is 0.0381 e. The van der Waals surface area contributed by atoms with Gasteiger partial charge in [0.2, 0.25) is 0 Å². The summed E-state index contributed by atoms with van der Waals surface area (Å²) in [4.78, 5) is 0. The summed E-state index contributed by atoms with van der Waals surface area (Å²) in [5, 5.41) is 15.4. The molecule has 0 aliphatic rings. The van der Waals surface area contributed by atoms with Crippen molar-refractivity contribution in [2.45, 2.75) is 13.8 Å². The Morgan fingerprint density at radius 2 is 1.26 bits per heavy atom. The first-order valence-corrected chi connectivity index (χ1v) is 14.5. The summed E-state index contributed by atoms with van der Waals surface area (Å²) in [5.41, 5.74) is 15.2. The molecule has 0 aliphatic heterocycles. The van der Waals surface area contributed by atoms with Gasteiger partial charge in [0, 0.05) is 11.9 Å². The van der Waals surface area contributed by atoms with Gasteiger partial charge in [-0.1, -0.05) is 127 Å². The fraction of sp³-hybridized carbons (Fsp3) is 0.0488. The molecule has 2 heteroatoms. The number of hydrogen-bond acceptors (Lipinski definition) is 2. The molecule has 0 aromatic heterocycles. The first kappa shape index (κ1) is 27.7. The number of fused-ring (bicyclic) bond motifs is 3. The zero-order valence-electron chi connectivity index (χ0n) is 24.6. The molecule has 0 saturated carbocycles. The highest BCUT2D eigenvalue weighted by molar-refractivity contribution is 6.21. The molecule has 6 aromatic carbocycles. The third-order valence-corrected chi connectivity index (χ3v) is 8.05. The van der Waals surface area contributed by atoms with E-state index in [1.54, 1.807) is 0 Å². The summed E-state index contributed by atoms with van der Waals surface area (Å²) in [6, 6.07) is 39.3. The summed E-state index contributed by atoms with van der Waals surface area (Å²) in [6.45, 7) is 8.19. The molecule has 0 saturated heterocycles. The second-order valence-electron chi connectivity index (χ2n) is 10.9. The number of aryl methyl sites for hydroxylation is 1. The molecule has 0 atom stereocenters. The van der Waals surface area contributed by atoms with Crippen LogP contribution in [0.2, 0.25) is 0 Å². The molecule has 6 aromatic rings. The quantitative estimate of drug-likeness (QED) is 0.115. The third-order valence-electron chi connectivity index (χ3n) is 8.05. The first-order chi connectivity index (χ1) is 21.0. The zero-order chi connectivity index (χ0) is 29.9. The van der Waals surface area contributed by atoms with E-state index in [2.05, 4.69) is 123 Å². The van der Waals surface area contributed by atoms with Crippen molar-refractivity contribution in [3.8, 4) is 22.3 Å². The lowest BCUT2D eigenvalue weighted by molar-refractivity contribution is 1.36. The molecule has 208 valence electrons. The van der Waals surface area contributed by atoms with Gasteiger partial charge in [-0.2, -0.15) is 0 Å². The number of hydrogen-bond donors (Lipinski definition) is 2. The Labute approximate surface area is 253 Å². The van der Waals surface area contributed by atoms with Crippen LogP contribution in [0.1, 0.15) is 18.1 Å². The van der Waals surface area contributed by atoms with E-state index in [-0.39, 0.29) is 0 Å². The molecule has 0 bridgehead atoms. The number of allylic oxidation sites excluding steroid dienone is 5. The van der Waals surface area contributed by atoms with Crippen LogP contribution in [-0.2, 0) is 0 Å². The Morgan fingerprint density at radius 1 is 0.698 bits per heavy atom. The predicted octanol–water partition coefficient (Wildman–Crippen LogP) is 10.8. The van der Waals surface area contributed by atoms with Crippen LogP contribution in [0.4, 0.5) is 0 Å². The first-order valence-electron chi connectivity index (χ1n) is 14.5. The van der Waals surface area contributed by atoms with Crippen molar-refractivity contribution in [3.63, 3.8) is 0 Å². The van der Waals surface area contributed by atoms with Crippen molar-refractivity contribution in [1.82, 2.24) is 0 Å². The van der Waals surface area contributed by atoms with Crippen LogP contribution in [-0.4, -0.2) is 6.21 Å². The Morgan fingerprint density at radius 3 is 1.84 bits per heavy atom. The molecular weight excluding hydrogens is 520 g/mol. The molecule has 0 unspecified atom stereocenters. The average molecular weight is 555 g/mol. The molecule has 43 heavy (non-hydrogen) atoms. The molecule has 0 radical (unpaired) electrons. The minimum Gasteiger partial charge on any atom is -0.398 e. The van der Waals surface area contributed by atoms with E-state index in [4.69, 9.17) is 11.1 Å². The van der Waals surface area contributed by atoms with E-state index in [0.717, 1.165) is 16.7 Å². The van der Waals surface area contributed by atoms with Crippen molar-refractivity contribution in [2.75, 3.05) is 0 Å². The van der Waals surface area contributed by atoms with Crippen LogP contribution in [0.15, 0.2) is 151 Å². The Kier molecular flexibility index (Phi) is 7.59. The molecule has 0 amide bonds. The van der Waals surface area contributed by atoms with Gasteiger partial charge in [-0.3, -0.25) is 0 Å². The largest absolute Gasteiger partial charge is 0.398 e. The summed E-state index contributed by atoms with van der Waals surface area (Å²) in [6.07, 6.45) is 8.84. The van der Waals surface area contributed by atoms with Crippen molar-refractivity contribution in [2.24, 2.45) is 5.73 Å². The van der Waals surface area contributed by atoms with Crippen LogP contribution >= 0.6 is 0 Å². The summed E-state index contributed by atoms with van der Waals surface area (Å²) in [7, 11) is 0. The Bertz CT molecular complexity index is 2070. The molecule has 3 N–H and O–H groups in total. The topological polar surface area (TPSA) is 49.9 Å². The second-order valence-corrected chi connectivity index (χ2v) is 10.9. The zero-order valence-corrected chi connectivity index (χ0v) is 24.6. The Hall–Kier alpha value is -5.47. The van der Waals surface area contributed by atoms with Crippen molar-refractivity contribution < 1.29 is 0 Å². The van der Waals surface area contributed by atoms with Gasteiger partial charge in [0.25, 0.3) is 0 Å². The highest BCUT2D eigenvalue weighted by atomic mass is 14.6. The molecule has 0 heterocycles. The summed E-state index contributed by atoms with van der Waals surface area (Å²) in [5.74, 6) is 0. The lowest BCUT2D eigenvalue weighted by atomic mass is 9.85. The molecule has 2 nitrogen and oxygen atoms in total. The molecule has 6 rings (SSSR count). The standard InChI is InChI=1S/C41H34N2/c1-4-5-14-39(43)28(3)24-34(26-42)30-17-20-31(21-18-30)40-35-10-6-8-12-37(35)41(38-13-9-7-11-36(38)40)32-22-19-29-16-15-27(2)23-33(29)25-32/h4-26,42H,3,43H2,1-2H3/b5-4-,34-24+,39-14-,42-26?. The minimum atomic E-state index is 0.577. The smallest absolute Gasteiger partial charge is 0.0381 e. The maximum atomic E-state index is 8.06. The van der Waals surface area contributed by atoms with Gasteiger partial charge >= 0.3 is 0 Å². The predicted molar refractivity (Wildman–Crippen MR) is 188 cm³/mol. The molecular formula is C41H34N2. The Balaban J connectivity index is 1.51. The van der Waals surface area contributed by atoms with Gasteiger partial charge in [0.05, 0.1) is 0 Å². The number of rotatable bonds is 7. The van der Waals surface area contributed by atoms with Crippen molar-refractivity contribution >= 4 is 44.1 Å². The highest BCUT2D eigenvalue weighted by Crippen LogP contribution is 2.44. The van der Waals surface area contributed by atoms with E-state index < -0.39 is 0 Å². The molecule has 0 fully saturated rings. The number of nitrogens with one attached hydrogen (secondary N) is 1. The van der Waals surface area contributed by atoms with Crippen molar-refractivity contribution in [1.29, 1.82) is 5.41 Å². The van der Waals surface area contributed by atoms with Crippen molar-refractivity contribution in [3.05, 3.63) is 162 Å². The number of nitrogens with two attached hydrogens (primary N) is 1. The lowest BCUT2D eigenvalue weighted by Gasteiger charge is -2.18. The maximum absolute atomic E-state index is 8.06. The summed E-state index contributed by atoms with van der Waals surface area (Å²) < 4.78 is 0. The fourth-order valence-electron chi connectivity index (χ4n) is 5.89. The van der Waals surface area contributed by atoms with Gasteiger partial charge in [-0.05, 0) is 103 Å². The minimum absolute atomic E-state index is 0.577. The van der Waals surface area contributed by atoms with Gasteiger partial charge < -0.3 is 11.1 Å². The lowest BCUT2D eigenvalue weighted by Crippen LogP contribution is -1.99. The fourth-order valence-corrected chi connectivity index (χ4v) is 5.89. The normalized spacial score (nSPS) is 12.4. The second kappa shape index (κ2) is 11.8. The van der Waals surface area contributed by atoms with E-state index in [0.29, 0.717) is 11.3 Å². The van der Waals surface area contributed by atoms with Crippen LogP contribution in [0, 0.1) is 12.3 Å². The van der Waals surface area contributed by atoms with Crippen LogP contribution < -0.4 is 5.73 Å². The van der Waals surface area contributed by atoms with Crippen LogP contribution in [0.5, 0.6) is 0 Å². The van der Waals surface area contributed by atoms with E-state index in [9.17, 15) is 0 Å². The summed E-state index contributed by atoms with van der Waals surface area (Å²) >= 11 is 0. The highest BCUT2D eigenvalue weighted by Gasteiger charge is 2.17. The molecule has 0 aliphatic carbocycles. The van der Waals surface area contributed by atoms with Gasteiger partial charge in [-0.25, -0.2) is 0 Å². The SMILES string of the molecule is C=C(/C=C(\C=N)c1ccc(-c2c3ccccc3c(-c3ccc4ccc(C)cc4c3)c3ccccc23)cc1)/C(N)=C/C=C\C.